The molecule has 1 aliphatic rings. The summed E-state index contributed by atoms with van der Waals surface area (Å²) >= 11 is 0. The van der Waals surface area contributed by atoms with Gasteiger partial charge in [-0.1, -0.05) is 56.3 Å². The molecule has 0 radical (unpaired) electrons. The Hall–Kier alpha value is -3.71. The molecule has 7 nitrogen and oxygen atoms in total. The second-order valence-electron chi connectivity index (χ2n) is 9.66. The predicted molar refractivity (Wildman–Crippen MR) is 150 cm³/mol. The molecular weight excluding hydrogens is 460 g/mol. The molecule has 5 rings (SSSR count). The van der Waals surface area contributed by atoms with E-state index in [2.05, 4.69) is 45.9 Å². The van der Waals surface area contributed by atoms with Gasteiger partial charge in [0, 0.05) is 35.5 Å². The summed E-state index contributed by atoms with van der Waals surface area (Å²) in [6.07, 6.45) is 8.30. The molecule has 1 fully saturated rings. The molecule has 37 heavy (non-hydrogen) atoms. The monoisotopic (exact) mass is 496 g/mol. The standard InChI is InChI=1S/C30H36N6O/c1-3-35(4-2)19-9-8-18-31-28-29-32-20-27(36(29)21-26(34-28)22-10-6-5-7-11-22)23-12-14-24(15-13-23)30(37)33-25-16-17-25/h5-7,10-15,20-21,25H,3-4,8-9,16-19H2,1-2H3,(H,31,34)(H,33,37). The largest absolute Gasteiger partial charge is 0.367 e. The second kappa shape index (κ2) is 11.6. The van der Waals surface area contributed by atoms with Gasteiger partial charge in [-0.15, -0.1) is 0 Å². The number of amides is 1. The Morgan fingerprint density at radius 2 is 1.76 bits per heavy atom. The maximum atomic E-state index is 12.4. The van der Waals surface area contributed by atoms with Crippen LogP contribution in [0.3, 0.4) is 0 Å². The zero-order valence-electron chi connectivity index (χ0n) is 21.8. The van der Waals surface area contributed by atoms with Crippen LogP contribution in [0.25, 0.3) is 28.2 Å². The SMILES string of the molecule is CCN(CC)CCCCNc1nc(-c2ccccc2)cn2c(-c3ccc(C(=O)NC4CC4)cc3)cnc12. The van der Waals surface area contributed by atoms with Crippen molar-refractivity contribution in [2.45, 2.75) is 45.6 Å². The molecule has 2 aromatic heterocycles. The summed E-state index contributed by atoms with van der Waals surface area (Å²) in [7, 11) is 0. The molecular formula is C30H36N6O. The smallest absolute Gasteiger partial charge is 0.251 e. The molecule has 192 valence electrons. The fraction of sp³-hybridized carbons (Fsp3) is 0.367. The number of carbonyl (C=O) groups excluding carboxylic acids is 1. The second-order valence-corrected chi connectivity index (χ2v) is 9.66. The molecule has 1 aliphatic carbocycles. The fourth-order valence-electron chi connectivity index (χ4n) is 4.56. The number of nitrogens with zero attached hydrogens (tertiary/aromatic N) is 4. The molecule has 0 aliphatic heterocycles. The van der Waals surface area contributed by atoms with E-state index >= 15 is 0 Å². The van der Waals surface area contributed by atoms with Gasteiger partial charge in [0.15, 0.2) is 11.5 Å². The molecule has 0 spiro atoms. The molecule has 7 heteroatoms. The molecule has 2 heterocycles. The van der Waals surface area contributed by atoms with E-state index in [9.17, 15) is 4.79 Å². The molecule has 0 bridgehead atoms. The number of anilines is 1. The highest BCUT2D eigenvalue weighted by atomic mass is 16.1. The van der Waals surface area contributed by atoms with Crippen LogP contribution in [-0.4, -0.2) is 57.4 Å². The Morgan fingerprint density at radius 1 is 1.00 bits per heavy atom. The third-order valence-electron chi connectivity index (χ3n) is 7.01. The summed E-state index contributed by atoms with van der Waals surface area (Å²) in [5.74, 6) is 0.783. The summed E-state index contributed by atoms with van der Waals surface area (Å²) in [4.78, 5) is 24.6. The normalized spacial score (nSPS) is 13.3. The lowest BCUT2D eigenvalue weighted by Gasteiger charge is -2.17. The van der Waals surface area contributed by atoms with E-state index in [1.807, 2.05) is 54.9 Å². The zero-order chi connectivity index (χ0) is 25.6. The molecule has 2 aromatic carbocycles. The van der Waals surface area contributed by atoms with Gasteiger partial charge < -0.3 is 15.5 Å². The minimum Gasteiger partial charge on any atom is -0.367 e. The summed E-state index contributed by atoms with van der Waals surface area (Å²) in [5, 5.41) is 6.61. The molecule has 1 amide bonds. The highest BCUT2D eigenvalue weighted by Crippen LogP contribution is 2.28. The summed E-state index contributed by atoms with van der Waals surface area (Å²) in [5.41, 5.74) is 5.40. The van der Waals surface area contributed by atoms with Crippen LogP contribution < -0.4 is 10.6 Å². The zero-order valence-corrected chi connectivity index (χ0v) is 21.8. The van der Waals surface area contributed by atoms with Crippen LogP contribution in [-0.2, 0) is 0 Å². The predicted octanol–water partition coefficient (Wildman–Crippen LogP) is 5.49. The summed E-state index contributed by atoms with van der Waals surface area (Å²) in [6.45, 7) is 8.56. The van der Waals surface area contributed by atoms with Crippen LogP contribution in [0.4, 0.5) is 5.82 Å². The van der Waals surface area contributed by atoms with Gasteiger partial charge in [-0.2, -0.15) is 0 Å². The average Bonchev–Trinajstić information content (AvgIpc) is 3.65. The average molecular weight is 497 g/mol. The topological polar surface area (TPSA) is 74.6 Å². The highest BCUT2D eigenvalue weighted by Gasteiger charge is 2.23. The van der Waals surface area contributed by atoms with Crippen molar-refractivity contribution in [3.8, 4) is 22.5 Å². The van der Waals surface area contributed by atoms with Gasteiger partial charge in [0.05, 0.1) is 17.6 Å². The van der Waals surface area contributed by atoms with E-state index in [4.69, 9.17) is 9.97 Å². The lowest BCUT2D eigenvalue weighted by molar-refractivity contribution is 0.0951. The quantitative estimate of drug-likeness (QED) is 0.254. The van der Waals surface area contributed by atoms with Crippen molar-refractivity contribution >= 4 is 17.4 Å². The van der Waals surface area contributed by atoms with Crippen LogP contribution in [0.15, 0.2) is 67.0 Å². The van der Waals surface area contributed by atoms with Crippen molar-refractivity contribution in [3.05, 3.63) is 72.6 Å². The van der Waals surface area contributed by atoms with Crippen molar-refractivity contribution in [3.63, 3.8) is 0 Å². The van der Waals surface area contributed by atoms with E-state index in [-0.39, 0.29) is 5.91 Å². The van der Waals surface area contributed by atoms with E-state index in [1.165, 1.54) is 0 Å². The number of hydrogen-bond donors (Lipinski definition) is 2. The van der Waals surface area contributed by atoms with Crippen LogP contribution >= 0.6 is 0 Å². The van der Waals surface area contributed by atoms with E-state index < -0.39 is 0 Å². The van der Waals surface area contributed by atoms with E-state index in [1.54, 1.807) is 0 Å². The van der Waals surface area contributed by atoms with Crippen LogP contribution in [0, 0.1) is 0 Å². The molecule has 0 atom stereocenters. The van der Waals surface area contributed by atoms with Crippen LogP contribution in [0.5, 0.6) is 0 Å². The van der Waals surface area contributed by atoms with Gasteiger partial charge in [0.25, 0.3) is 5.91 Å². The van der Waals surface area contributed by atoms with Gasteiger partial charge >= 0.3 is 0 Å². The number of imidazole rings is 1. The van der Waals surface area contributed by atoms with Gasteiger partial charge in [0.2, 0.25) is 0 Å². The van der Waals surface area contributed by atoms with E-state index in [0.717, 1.165) is 85.8 Å². The number of benzene rings is 2. The molecule has 0 saturated heterocycles. The third kappa shape index (κ3) is 6.00. The maximum Gasteiger partial charge on any atom is 0.251 e. The summed E-state index contributed by atoms with van der Waals surface area (Å²) in [6, 6.07) is 18.3. The highest BCUT2D eigenvalue weighted by molar-refractivity contribution is 5.95. The minimum atomic E-state index is -0.00441. The number of hydrogen-bond acceptors (Lipinski definition) is 5. The molecule has 2 N–H and O–H groups in total. The first-order valence-corrected chi connectivity index (χ1v) is 13.5. The third-order valence-corrected chi connectivity index (χ3v) is 7.01. The van der Waals surface area contributed by atoms with Gasteiger partial charge in [-0.3, -0.25) is 9.20 Å². The minimum absolute atomic E-state index is 0.00441. The summed E-state index contributed by atoms with van der Waals surface area (Å²) < 4.78 is 2.10. The van der Waals surface area contributed by atoms with Crippen molar-refractivity contribution in [1.82, 2.24) is 24.6 Å². The number of rotatable bonds is 12. The lowest BCUT2D eigenvalue weighted by Crippen LogP contribution is -2.25. The van der Waals surface area contributed by atoms with Crippen LogP contribution in [0.1, 0.15) is 49.9 Å². The van der Waals surface area contributed by atoms with Crippen molar-refractivity contribution in [2.24, 2.45) is 0 Å². The molecule has 4 aromatic rings. The fourth-order valence-corrected chi connectivity index (χ4v) is 4.56. The Balaban J connectivity index is 1.40. The number of fused-ring (bicyclic) bond motifs is 1. The first kappa shape index (κ1) is 25.0. The Labute approximate surface area is 218 Å². The Kier molecular flexibility index (Phi) is 7.80. The molecule has 0 unspecified atom stereocenters. The lowest BCUT2D eigenvalue weighted by atomic mass is 10.1. The van der Waals surface area contributed by atoms with Crippen molar-refractivity contribution in [1.29, 1.82) is 0 Å². The Bertz CT molecular complexity index is 1320. The van der Waals surface area contributed by atoms with Crippen LogP contribution in [0.2, 0.25) is 0 Å². The number of carbonyl (C=O) groups is 1. The first-order chi connectivity index (χ1) is 18.2. The number of unbranched alkanes of at least 4 members (excludes halogenated alkanes) is 1. The van der Waals surface area contributed by atoms with Gasteiger partial charge in [-0.25, -0.2) is 9.97 Å². The first-order valence-electron chi connectivity index (χ1n) is 13.5. The van der Waals surface area contributed by atoms with Gasteiger partial charge in [-0.05, 0) is 57.5 Å². The maximum absolute atomic E-state index is 12.4. The van der Waals surface area contributed by atoms with Gasteiger partial charge in [0.1, 0.15) is 0 Å². The van der Waals surface area contributed by atoms with Crippen molar-refractivity contribution < 1.29 is 4.79 Å². The molecule has 1 saturated carbocycles. The van der Waals surface area contributed by atoms with Crippen molar-refractivity contribution in [2.75, 3.05) is 31.5 Å². The Morgan fingerprint density at radius 3 is 2.46 bits per heavy atom. The van der Waals surface area contributed by atoms with E-state index in [0.29, 0.717) is 11.6 Å². The number of aromatic nitrogens is 3. The number of nitrogens with one attached hydrogen (secondary N) is 2.